The van der Waals surface area contributed by atoms with Crippen molar-refractivity contribution in [3.63, 3.8) is 0 Å². The fourth-order valence-electron chi connectivity index (χ4n) is 3.85. The van der Waals surface area contributed by atoms with E-state index in [0.29, 0.717) is 5.75 Å². The highest BCUT2D eigenvalue weighted by Crippen LogP contribution is 2.43. The predicted octanol–water partition coefficient (Wildman–Crippen LogP) is 6.82. The number of phenols is 1. The van der Waals surface area contributed by atoms with Gasteiger partial charge in [0.2, 0.25) is 0 Å². The van der Waals surface area contributed by atoms with Crippen molar-refractivity contribution in [3.05, 3.63) is 77.9 Å². The van der Waals surface area contributed by atoms with E-state index in [1.54, 1.807) is 0 Å². The summed E-state index contributed by atoms with van der Waals surface area (Å²) < 4.78 is 0. The molecule has 0 amide bonds. The molecule has 0 saturated carbocycles. The normalized spacial score (nSPS) is 13.7. The number of aromatic hydroxyl groups is 1. The quantitative estimate of drug-likeness (QED) is 0.470. The Balaban J connectivity index is 2.06. The van der Waals surface area contributed by atoms with E-state index in [0.717, 1.165) is 22.8 Å². The molecule has 0 aliphatic carbocycles. The molecule has 0 radical (unpaired) electrons. The summed E-state index contributed by atoms with van der Waals surface area (Å²) in [7, 11) is 0. The lowest BCUT2D eigenvalue weighted by Crippen LogP contribution is -2.24. The number of rotatable bonds is 7. The number of unbranched alkanes of at least 4 members (excludes halogenated alkanes) is 3. The highest BCUT2D eigenvalue weighted by molar-refractivity contribution is 5.89. The second-order valence-electron chi connectivity index (χ2n) is 7.19. The summed E-state index contributed by atoms with van der Waals surface area (Å²) in [6, 6.07) is 23.0. The summed E-state index contributed by atoms with van der Waals surface area (Å²) in [4.78, 5) is 0. The first-order valence-electron chi connectivity index (χ1n) is 9.43. The summed E-state index contributed by atoms with van der Waals surface area (Å²) in [6.45, 7) is 4.52. The van der Waals surface area contributed by atoms with Crippen LogP contribution in [0.3, 0.4) is 0 Å². The Bertz CT molecular complexity index is 822. The minimum atomic E-state index is -0.177. The number of fused-ring (bicyclic) bond motifs is 1. The molecule has 1 atom stereocenters. The smallest absolute Gasteiger partial charge is 0.127 e. The van der Waals surface area contributed by atoms with Crippen molar-refractivity contribution in [2.45, 2.75) is 51.4 Å². The zero-order valence-electron chi connectivity index (χ0n) is 15.3. The summed E-state index contributed by atoms with van der Waals surface area (Å²) >= 11 is 0. The molecule has 3 aromatic carbocycles. The average Bonchev–Trinajstić information content (AvgIpc) is 2.66. The van der Waals surface area contributed by atoms with Crippen molar-refractivity contribution >= 4 is 10.8 Å². The molecule has 0 bridgehead atoms. The molecule has 0 aromatic heterocycles. The number of phenolic OH excluding ortho intramolecular Hbond substituents is 1. The minimum absolute atomic E-state index is 0.177. The maximum atomic E-state index is 11.0. The summed E-state index contributed by atoms with van der Waals surface area (Å²) in [6.07, 6.45) is 5.97. The van der Waals surface area contributed by atoms with E-state index in [1.165, 1.54) is 31.2 Å². The van der Waals surface area contributed by atoms with Crippen LogP contribution >= 0.6 is 0 Å². The summed E-state index contributed by atoms with van der Waals surface area (Å²) in [5, 5.41) is 13.1. The lowest BCUT2D eigenvalue weighted by Gasteiger charge is -2.32. The van der Waals surface area contributed by atoms with Gasteiger partial charge in [-0.05, 0) is 17.4 Å². The second-order valence-corrected chi connectivity index (χ2v) is 7.19. The van der Waals surface area contributed by atoms with Gasteiger partial charge in [-0.3, -0.25) is 0 Å². The van der Waals surface area contributed by atoms with E-state index in [4.69, 9.17) is 0 Å². The number of benzene rings is 3. The van der Waals surface area contributed by atoms with Crippen molar-refractivity contribution < 1.29 is 5.11 Å². The highest BCUT2D eigenvalue weighted by atomic mass is 16.3. The van der Waals surface area contributed by atoms with Gasteiger partial charge in [-0.1, -0.05) is 106 Å². The molecule has 1 heteroatoms. The van der Waals surface area contributed by atoms with Gasteiger partial charge in [-0.15, -0.1) is 0 Å². The Kier molecular flexibility index (Phi) is 5.43. The SMILES string of the molecule is CCCCCCC(C)(c1ccccc1)c1ccc2ccccc2c1O. The van der Waals surface area contributed by atoms with Crippen molar-refractivity contribution in [3.8, 4) is 5.75 Å². The highest BCUT2D eigenvalue weighted by Gasteiger charge is 2.31. The van der Waals surface area contributed by atoms with E-state index in [2.05, 4.69) is 62.4 Å². The van der Waals surface area contributed by atoms with Gasteiger partial charge in [-0.25, -0.2) is 0 Å². The van der Waals surface area contributed by atoms with Crippen LogP contribution in [-0.2, 0) is 5.41 Å². The van der Waals surface area contributed by atoms with Crippen LogP contribution in [0.2, 0.25) is 0 Å². The van der Waals surface area contributed by atoms with Gasteiger partial charge in [-0.2, -0.15) is 0 Å². The van der Waals surface area contributed by atoms with Gasteiger partial charge in [0, 0.05) is 16.4 Å². The van der Waals surface area contributed by atoms with Crippen molar-refractivity contribution in [1.29, 1.82) is 0 Å². The largest absolute Gasteiger partial charge is 0.507 e. The summed E-state index contributed by atoms with van der Waals surface area (Å²) in [5.74, 6) is 0.431. The zero-order valence-corrected chi connectivity index (χ0v) is 15.3. The van der Waals surface area contributed by atoms with Gasteiger partial charge in [0.05, 0.1) is 0 Å². The number of hydrogen-bond donors (Lipinski definition) is 1. The third-order valence-corrected chi connectivity index (χ3v) is 5.44. The average molecular weight is 332 g/mol. The molecule has 1 unspecified atom stereocenters. The van der Waals surface area contributed by atoms with Crippen LogP contribution in [0.4, 0.5) is 0 Å². The van der Waals surface area contributed by atoms with Crippen LogP contribution in [0.25, 0.3) is 10.8 Å². The molecule has 0 saturated heterocycles. The Morgan fingerprint density at radius 2 is 1.52 bits per heavy atom. The standard InChI is InChI=1S/C24H28O/c1-3-4-5-11-18-24(2,20-13-7-6-8-14-20)22-17-16-19-12-9-10-15-21(19)23(22)25/h6-10,12-17,25H,3-5,11,18H2,1-2H3. The van der Waals surface area contributed by atoms with E-state index < -0.39 is 0 Å². The van der Waals surface area contributed by atoms with Gasteiger partial charge < -0.3 is 5.11 Å². The maximum absolute atomic E-state index is 11.0. The van der Waals surface area contributed by atoms with Crippen LogP contribution in [0, 0.1) is 0 Å². The second kappa shape index (κ2) is 7.74. The fraction of sp³-hybridized carbons (Fsp3) is 0.333. The third kappa shape index (κ3) is 3.56. The molecule has 0 aliphatic heterocycles. The molecule has 3 rings (SSSR count). The monoisotopic (exact) mass is 332 g/mol. The molecule has 130 valence electrons. The van der Waals surface area contributed by atoms with Crippen LogP contribution in [0.5, 0.6) is 5.75 Å². The van der Waals surface area contributed by atoms with Crippen molar-refractivity contribution in [2.75, 3.05) is 0 Å². The lowest BCUT2D eigenvalue weighted by molar-refractivity contribution is 0.429. The van der Waals surface area contributed by atoms with E-state index in [1.807, 2.05) is 18.2 Å². The first-order chi connectivity index (χ1) is 12.2. The molecule has 1 N–H and O–H groups in total. The Hall–Kier alpha value is -2.28. The first-order valence-corrected chi connectivity index (χ1v) is 9.43. The van der Waals surface area contributed by atoms with Crippen molar-refractivity contribution in [2.24, 2.45) is 0 Å². The lowest BCUT2D eigenvalue weighted by atomic mass is 9.72. The Labute approximate surface area is 151 Å². The van der Waals surface area contributed by atoms with E-state index in [9.17, 15) is 5.11 Å². The molecule has 0 heterocycles. The molecular formula is C24H28O. The Morgan fingerprint density at radius 3 is 2.28 bits per heavy atom. The van der Waals surface area contributed by atoms with Gasteiger partial charge in [0.15, 0.2) is 0 Å². The molecule has 25 heavy (non-hydrogen) atoms. The fourth-order valence-corrected chi connectivity index (χ4v) is 3.85. The molecule has 0 fully saturated rings. The van der Waals surface area contributed by atoms with Gasteiger partial charge >= 0.3 is 0 Å². The molecule has 0 aliphatic rings. The molecular weight excluding hydrogens is 304 g/mol. The van der Waals surface area contributed by atoms with E-state index >= 15 is 0 Å². The maximum Gasteiger partial charge on any atom is 0.127 e. The zero-order chi connectivity index (χ0) is 17.7. The van der Waals surface area contributed by atoms with Crippen LogP contribution in [-0.4, -0.2) is 5.11 Å². The van der Waals surface area contributed by atoms with Crippen LogP contribution < -0.4 is 0 Å². The molecule has 3 aromatic rings. The first kappa shape index (κ1) is 17.5. The van der Waals surface area contributed by atoms with Gasteiger partial charge in [0.25, 0.3) is 0 Å². The molecule has 1 nitrogen and oxygen atoms in total. The number of hydrogen-bond acceptors (Lipinski definition) is 1. The van der Waals surface area contributed by atoms with Crippen molar-refractivity contribution in [1.82, 2.24) is 0 Å². The summed E-state index contributed by atoms with van der Waals surface area (Å²) in [5.41, 5.74) is 2.13. The van der Waals surface area contributed by atoms with Gasteiger partial charge in [0.1, 0.15) is 5.75 Å². The minimum Gasteiger partial charge on any atom is -0.507 e. The third-order valence-electron chi connectivity index (χ3n) is 5.44. The Morgan fingerprint density at radius 1 is 0.800 bits per heavy atom. The van der Waals surface area contributed by atoms with E-state index in [-0.39, 0.29) is 5.41 Å². The van der Waals surface area contributed by atoms with Crippen LogP contribution in [0.15, 0.2) is 66.7 Å². The molecule has 0 spiro atoms. The van der Waals surface area contributed by atoms with Crippen LogP contribution in [0.1, 0.15) is 57.1 Å². The predicted molar refractivity (Wildman–Crippen MR) is 107 cm³/mol. The topological polar surface area (TPSA) is 20.2 Å².